The van der Waals surface area contributed by atoms with Crippen LogP contribution in [-0.4, -0.2) is 25.7 Å². The van der Waals surface area contributed by atoms with Gasteiger partial charge in [0.2, 0.25) is 0 Å². The fourth-order valence-corrected chi connectivity index (χ4v) is 2.25. The van der Waals surface area contributed by atoms with Gasteiger partial charge in [0.15, 0.2) is 5.78 Å². The molecule has 110 valence electrons. The average molecular weight is 293 g/mol. The largest absolute Gasteiger partial charge is 0.508 e. The summed E-state index contributed by atoms with van der Waals surface area (Å²) in [4.78, 5) is 11.3. The first kappa shape index (κ1) is 14.0. The third kappa shape index (κ3) is 2.88. The van der Waals surface area contributed by atoms with Crippen LogP contribution in [0.15, 0.2) is 54.9 Å². The molecule has 0 aliphatic heterocycles. The quantitative estimate of drug-likeness (QED) is 0.751. The number of phenols is 1. The van der Waals surface area contributed by atoms with E-state index in [1.165, 1.54) is 0 Å². The van der Waals surface area contributed by atoms with Crippen LogP contribution in [0.25, 0.3) is 5.69 Å². The van der Waals surface area contributed by atoms with E-state index in [2.05, 4.69) is 10.2 Å². The van der Waals surface area contributed by atoms with Crippen LogP contribution in [0.3, 0.4) is 0 Å². The van der Waals surface area contributed by atoms with Crippen molar-refractivity contribution >= 4 is 5.78 Å². The summed E-state index contributed by atoms with van der Waals surface area (Å²) in [6, 6.07) is 14.3. The molecule has 2 aromatic carbocycles. The molecule has 0 spiro atoms. The normalized spacial score (nSPS) is 10.6. The Kier molecular flexibility index (Phi) is 3.70. The Morgan fingerprint density at radius 3 is 2.41 bits per heavy atom. The second-order valence-electron chi connectivity index (χ2n) is 5.06. The number of rotatable bonds is 4. The minimum atomic E-state index is 0.0413. The number of nitrogens with zero attached hydrogens (tertiary/aromatic N) is 3. The second-order valence-corrected chi connectivity index (χ2v) is 5.06. The van der Waals surface area contributed by atoms with Crippen molar-refractivity contribution in [2.45, 2.75) is 13.3 Å². The molecule has 3 rings (SSSR count). The van der Waals surface area contributed by atoms with Crippen molar-refractivity contribution in [3.8, 4) is 11.4 Å². The zero-order valence-electron chi connectivity index (χ0n) is 12.1. The van der Waals surface area contributed by atoms with Gasteiger partial charge < -0.3 is 5.11 Å². The lowest BCUT2D eigenvalue weighted by Gasteiger charge is -2.07. The van der Waals surface area contributed by atoms with Gasteiger partial charge in [0.25, 0.3) is 0 Å². The summed E-state index contributed by atoms with van der Waals surface area (Å²) < 4.78 is 1.89. The predicted octanol–water partition coefficient (Wildman–Crippen LogP) is 2.77. The van der Waals surface area contributed by atoms with Crippen molar-refractivity contribution in [3.63, 3.8) is 0 Å². The van der Waals surface area contributed by atoms with E-state index in [4.69, 9.17) is 0 Å². The lowest BCUT2D eigenvalue weighted by molar-refractivity contribution is 0.101. The number of aromatic nitrogens is 3. The highest BCUT2D eigenvalue weighted by molar-refractivity contribution is 5.94. The first-order chi connectivity index (χ1) is 10.6. The van der Waals surface area contributed by atoms with Gasteiger partial charge in [0.1, 0.15) is 17.9 Å². The third-order valence-electron chi connectivity index (χ3n) is 3.47. The number of phenolic OH excluding ortho intramolecular Hbond substituents is 1. The van der Waals surface area contributed by atoms with Crippen molar-refractivity contribution in [2.24, 2.45) is 0 Å². The summed E-state index contributed by atoms with van der Waals surface area (Å²) in [6.07, 6.45) is 2.26. The average Bonchev–Trinajstić information content (AvgIpc) is 2.98. The van der Waals surface area contributed by atoms with Crippen LogP contribution < -0.4 is 0 Å². The number of hydrogen-bond acceptors (Lipinski definition) is 4. The smallest absolute Gasteiger partial charge is 0.159 e. The topological polar surface area (TPSA) is 68.0 Å². The Hall–Kier alpha value is -2.95. The Morgan fingerprint density at radius 2 is 1.77 bits per heavy atom. The minimum Gasteiger partial charge on any atom is -0.508 e. The standard InChI is InChI=1S/C17H15N3O2/c1-12(21)14-4-6-15(7-5-14)20-11-18-19-17(20)10-13-2-8-16(22)9-3-13/h2-9,11,22H,10H2,1H3. The molecule has 0 saturated heterocycles. The molecule has 0 fully saturated rings. The molecule has 0 saturated carbocycles. The molecule has 0 radical (unpaired) electrons. The van der Waals surface area contributed by atoms with Crippen molar-refractivity contribution in [1.82, 2.24) is 14.8 Å². The molecule has 0 bridgehead atoms. The van der Waals surface area contributed by atoms with Crippen LogP contribution in [0.1, 0.15) is 28.7 Å². The number of ketones is 1. The summed E-state index contributed by atoms with van der Waals surface area (Å²) in [6.45, 7) is 1.55. The van der Waals surface area contributed by atoms with E-state index >= 15 is 0 Å². The Bertz CT molecular complexity index is 790. The van der Waals surface area contributed by atoms with Gasteiger partial charge in [-0.2, -0.15) is 0 Å². The maximum absolute atomic E-state index is 11.3. The van der Waals surface area contributed by atoms with Crippen LogP contribution in [0.5, 0.6) is 5.75 Å². The highest BCUT2D eigenvalue weighted by Gasteiger charge is 2.08. The van der Waals surface area contributed by atoms with Crippen molar-refractivity contribution in [1.29, 1.82) is 0 Å². The van der Waals surface area contributed by atoms with Gasteiger partial charge in [0, 0.05) is 17.7 Å². The molecular weight excluding hydrogens is 278 g/mol. The summed E-state index contributed by atoms with van der Waals surface area (Å²) in [5.41, 5.74) is 2.62. The Balaban J connectivity index is 1.88. The maximum Gasteiger partial charge on any atom is 0.159 e. The molecule has 0 unspecified atom stereocenters. The number of aromatic hydroxyl groups is 1. The molecule has 5 nitrogen and oxygen atoms in total. The molecular formula is C17H15N3O2. The second kappa shape index (κ2) is 5.81. The van der Waals surface area contributed by atoms with Crippen LogP contribution in [-0.2, 0) is 6.42 Å². The van der Waals surface area contributed by atoms with E-state index in [1.807, 2.05) is 28.8 Å². The Labute approximate surface area is 127 Å². The number of benzene rings is 2. The molecule has 1 heterocycles. The van der Waals surface area contributed by atoms with Crippen LogP contribution >= 0.6 is 0 Å². The number of hydrogen-bond donors (Lipinski definition) is 1. The summed E-state index contributed by atoms with van der Waals surface area (Å²) in [5, 5.41) is 17.4. The van der Waals surface area contributed by atoms with E-state index < -0.39 is 0 Å². The summed E-state index contributed by atoms with van der Waals surface area (Å²) in [7, 11) is 0. The monoisotopic (exact) mass is 293 g/mol. The molecule has 3 aromatic rings. The fraction of sp³-hybridized carbons (Fsp3) is 0.118. The van der Waals surface area contributed by atoms with Crippen molar-refractivity contribution < 1.29 is 9.90 Å². The molecule has 22 heavy (non-hydrogen) atoms. The molecule has 0 amide bonds. The molecule has 1 N–H and O–H groups in total. The van der Waals surface area contributed by atoms with Gasteiger partial charge >= 0.3 is 0 Å². The Morgan fingerprint density at radius 1 is 1.09 bits per heavy atom. The highest BCUT2D eigenvalue weighted by atomic mass is 16.3. The SMILES string of the molecule is CC(=O)c1ccc(-n2cnnc2Cc2ccc(O)cc2)cc1. The van der Waals surface area contributed by atoms with Crippen molar-refractivity contribution in [2.75, 3.05) is 0 Å². The zero-order valence-corrected chi connectivity index (χ0v) is 12.1. The van der Waals surface area contributed by atoms with Gasteiger partial charge in [-0.3, -0.25) is 9.36 Å². The summed E-state index contributed by atoms with van der Waals surface area (Å²) >= 11 is 0. The predicted molar refractivity (Wildman–Crippen MR) is 82.3 cm³/mol. The van der Waals surface area contributed by atoms with E-state index in [1.54, 1.807) is 37.5 Å². The van der Waals surface area contributed by atoms with Crippen LogP contribution in [0.2, 0.25) is 0 Å². The van der Waals surface area contributed by atoms with Gasteiger partial charge in [-0.05, 0) is 48.9 Å². The molecule has 0 aliphatic carbocycles. The zero-order chi connectivity index (χ0) is 15.5. The van der Waals surface area contributed by atoms with E-state index in [0.717, 1.165) is 17.1 Å². The van der Waals surface area contributed by atoms with Crippen LogP contribution in [0, 0.1) is 0 Å². The molecule has 5 heteroatoms. The van der Waals surface area contributed by atoms with Gasteiger partial charge in [-0.15, -0.1) is 10.2 Å². The van der Waals surface area contributed by atoms with E-state index in [-0.39, 0.29) is 11.5 Å². The molecule has 1 aromatic heterocycles. The minimum absolute atomic E-state index is 0.0413. The maximum atomic E-state index is 11.3. The highest BCUT2D eigenvalue weighted by Crippen LogP contribution is 2.16. The third-order valence-corrected chi connectivity index (χ3v) is 3.47. The number of Topliss-reactive ketones (excluding diaryl/α,β-unsaturated/α-hetero) is 1. The lowest BCUT2D eigenvalue weighted by atomic mass is 10.1. The first-order valence-electron chi connectivity index (χ1n) is 6.91. The van der Waals surface area contributed by atoms with Gasteiger partial charge in [0.05, 0.1) is 0 Å². The van der Waals surface area contributed by atoms with Crippen molar-refractivity contribution in [3.05, 3.63) is 71.8 Å². The number of carbonyl (C=O) groups is 1. The first-order valence-corrected chi connectivity index (χ1v) is 6.91. The van der Waals surface area contributed by atoms with E-state index in [0.29, 0.717) is 12.0 Å². The van der Waals surface area contributed by atoms with Gasteiger partial charge in [-0.25, -0.2) is 0 Å². The van der Waals surface area contributed by atoms with E-state index in [9.17, 15) is 9.90 Å². The van der Waals surface area contributed by atoms with Gasteiger partial charge in [-0.1, -0.05) is 12.1 Å². The fourth-order valence-electron chi connectivity index (χ4n) is 2.25. The summed E-state index contributed by atoms with van der Waals surface area (Å²) in [5.74, 6) is 1.07. The number of carbonyl (C=O) groups excluding carboxylic acids is 1. The lowest BCUT2D eigenvalue weighted by Crippen LogP contribution is -2.02. The molecule has 0 atom stereocenters. The van der Waals surface area contributed by atoms with Crippen LogP contribution in [0.4, 0.5) is 0 Å². The molecule has 0 aliphatic rings.